The highest BCUT2D eigenvalue weighted by Crippen LogP contribution is 2.61. The summed E-state index contributed by atoms with van der Waals surface area (Å²) in [5.74, 6) is 1.36. The van der Waals surface area contributed by atoms with E-state index >= 15 is 0 Å². The molecule has 128 valence electrons. The quantitative estimate of drug-likeness (QED) is 0.738. The van der Waals surface area contributed by atoms with Crippen molar-refractivity contribution in [2.75, 3.05) is 0 Å². The van der Waals surface area contributed by atoms with Crippen LogP contribution >= 0.6 is 0 Å². The van der Waals surface area contributed by atoms with Gasteiger partial charge in [-0.25, -0.2) is 0 Å². The number of fused-ring (bicyclic) bond motifs is 1. The normalized spacial score (nSPS) is 38.5. The van der Waals surface area contributed by atoms with Gasteiger partial charge in [0.05, 0.1) is 5.60 Å². The minimum atomic E-state index is -1.25. The first-order valence-electron chi connectivity index (χ1n) is 8.69. The van der Waals surface area contributed by atoms with Gasteiger partial charge in [-0.3, -0.25) is 9.59 Å². The monoisotopic (exact) mass is 318 g/mol. The lowest BCUT2D eigenvalue weighted by Gasteiger charge is -2.19. The van der Waals surface area contributed by atoms with Gasteiger partial charge in [-0.05, 0) is 67.6 Å². The van der Waals surface area contributed by atoms with Crippen molar-refractivity contribution in [2.24, 2.45) is 23.2 Å². The van der Waals surface area contributed by atoms with Gasteiger partial charge in [0, 0.05) is 12.8 Å². The summed E-state index contributed by atoms with van der Waals surface area (Å²) in [5.41, 5.74) is -0.284. The van der Waals surface area contributed by atoms with Crippen molar-refractivity contribution < 1.29 is 14.7 Å². The van der Waals surface area contributed by atoms with Gasteiger partial charge in [-0.1, -0.05) is 26.8 Å². The summed E-state index contributed by atoms with van der Waals surface area (Å²) in [6, 6.07) is 0. The van der Waals surface area contributed by atoms with Crippen molar-refractivity contribution in [3.63, 3.8) is 0 Å². The number of carbonyl (C=O) groups excluding carboxylic acids is 2. The number of carbonyl (C=O) groups is 2. The number of hydrogen-bond acceptors (Lipinski definition) is 3. The molecule has 0 radical (unpaired) electrons. The van der Waals surface area contributed by atoms with Crippen molar-refractivity contribution in [2.45, 2.75) is 65.9 Å². The average molecular weight is 318 g/mol. The van der Waals surface area contributed by atoms with Gasteiger partial charge in [-0.15, -0.1) is 0 Å². The number of hydrogen-bond donors (Lipinski definition) is 1. The fraction of sp³-hybridized carbons (Fsp3) is 0.700. The van der Waals surface area contributed by atoms with Crippen LogP contribution in [-0.4, -0.2) is 22.3 Å². The zero-order valence-corrected chi connectivity index (χ0v) is 15.1. The Balaban J connectivity index is 2.24. The highest BCUT2D eigenvalue weighted by Gasteiger charge is 2.55. The SMILES string of the molecule is CC1=CC2C(CCC(C)CC(=O)CC(C)(O)C=CC1=O)C2(C)C. The van der Waals surface area contributed by atoms with Crippen LogP contribution in [0.4, 0.5) is 0 Å². The maximum atomic E-state index is 12.2. The lowest BCUT2D eigenvalue weighted by Crippen LogP contribution is -2.26. The van der Waals surface area contributed by atoms with Gasteiger partial charge in [0.2, 0.25) is 0 Å². The molecule has 23 heavy (non-hydrogen) atoms. The fourth-order valence-electron chi connectivity index (χ4n) is 3.89. The fourth-order valence-corrected chi connectivity index (χ4v) is 3.89. The molecule has 0 heterocycles. The molecule has 2 aliphatic carbocycles. The lowest BCUT2D eigenvalue weighted by atomic mass is 9.90. The minimum absolute atomic E-state index is 0.0653. The largest absolute Gasteiger partial charge is 0.386 e. The van der Waals surface area contributed by atoms with E-state index in [9.17, 15) is 14.7 Å². The van der Waals surface area contributed by atoms with Crippen molar-refractivity contribution in [1.82, 2.24) is 0 Å². The Kier molecular flexibility index (Phi) is 5.00. The van der Waals surface area contributed by atoms with E-state index in [1.807, 2.05) is 6.92 Å². The second kappa shape index (κ2) is 6.35. The Morgan fingerprint density at radius 2 is 1.83 bits per heavy atom. The molecule has 0 saturated heterocycles. The molecule has 0 aromatic carbocycles. The predicted octanol–water partition coefficient (Wildman–Crippen LogP) is 3.86. The van der Waals surface area contributed by atoms with Crippen LogP contribution in [0, 0.1) is 23.2 Å². The van der Waals surface area contributed by atoms with E-state index in [0.717, 1.165) is 18.4 Å². The molecule has 0 aliphatic heterocycles. The zero-order valence-electron chi connectivity index (χ0n) is 15.1. The first-order valence-corrected chi connectivity index (χ1v) is 8.69. The lowest BCUT2D eigenvalue weighted by molar-refractivity contribution is -0.123. The van der Waals surface area contributed by atoms with Crippen LogP contribution in [0.15, 0.2) is 23.8 Å². The molecule has 1 fully saturated rings. The maximum Gasteiger partial charge on any atom is 0.181 e. The van der Waals surface area contributed by atoms with E-state index in [0.29, 0.717) is 24.2 Å². The average Bonchev–Trinajstić information content (AvgIpc) is 2.92. The number of aliphatic hydroxyl groups is 1. The van der Waals surface area contributed by atoms with E-state index in [-0.39, 0.29) is 23.4 Å². The number of allylic oxidation sites excluding steroid dienone is 3. The molecule has 0 aromatic heterocycles. The molecule has 0 bridgehead atoms. The molecule has 3 heteroatoms. The third-order valence-electron chi connectivity index (χ3n) is 5.65. The second-order valence-electron chi connectivity index (χ2n) is 8.46. The van der Waals surface area contributed by atoms with Crippen LogP contribution in [-0.2, 0) is 9.59 Å². The van der Waals surface area contributed by atoms with Crippen LogP contribution in [0.3, 0.4) is 0 Å². The molecule has 4 atom stereocenters. The van der Waals surface area contributed by atoms with Crippen molar-refractivity contribution in [1.29, 1.82) is 0 Å². The molecule has 0 spiro atoms. The molecule has 1 N–H and O–H groups in total. The summed E-state index contributed by atoms with van der Waals surface area (Å²) in [5, 5.41) is 10.3. The van der Waals surface area contributed by atoms with Gasteiger partial charge in [0.15, 0.2) is 5.78 Å². The number of ketones is 2. The molecule has 0 aromatic rings. The maximum absolute atomic E-state index is 12.2. The van der Waals surface area contributed by atoms with Crippen LogP contribution in [0.25, 0.3) is 0 Å². The highest BCUT2D eigenvalue weighted by atomic mass is 16.3. The van der Waals surface area contributed by atoms with E-state index < -0.39 is 5.60 Å². The first kappa shape index (κ1) is 18.1. The first-order chi connectivity index (χ1) is 10.5. The molecule has 2 rings (SSSR count). The van der Waals surface area contributed by atoms with Crippen molar-refractivity contribution in [3.05, 3.63) is 23.8 Å². The van der Waals surface area contributed by atoms with Crippen LogP contribution in [0.2, 0.25) is 0 Å². The van der Waals surface area contributed by atoms with E-state index in [1.54, 1.807) is 6.92 Å². The van der Waals surface area contributed by atoms with E-state index in [4.69, 9.17) is 0 Å². The second-order valence-corrected chi connectivity index (χ2v) is 8.46. The Bertz CT molecular complexity index is 551. The van der Waals surface area contributed by atoms with E-state index in [1.165, 1.54) is 12.2 Å². The molecule has 4 unspecified atom stereocenters. The molecule has 1 saturated carbocycles. The van der Waals surface area contributed by atoms with Gasteiger partial charge >= 0.3 is 0 Å². The van der Waals surface area contributed by atoms with Crippen molar-refractivity contribution >= 4 is 11.6 Å². The summed E-state index contributed by atoms with van der Waals surface area (Å²) >= 11 is 0. The molecule has 3 nitrogen and oxygen atoms in total. The number of rotatable bonds is 0. The molecule has 0 amide bonds. The van der Waals surface area contributed by atoms with Gasteiger partial charge in [0.25, 0.3) is 0 Å². The summed E-state index contributed by atoms with van der Waals surface area (Å²) < 4.78 is 0. The van der Waals surface area contributed by atoms with Gasteiger partial charge < -0.3 is 5.11 Å². The van der Waals surface area contributed by atoms with Gasteiger partial charge in [0.1, 0.15) is 5.78 Å². The summed E-state index contributed by atoms with van der Waals surface area (Å²) in [7, 11) is 0. The Labute approximate surface area is 139 Å². The topological polar surface area (TPSA) is 54.4 Å². The Morgan fingerprint density at radius 1 is 1.17 bits per heavy atom. The molecule has 2 aliphatic rings. The predicted molar refractivity (Wildman–Crippen MR) is 91.9 cm³/mol. The van der Waals surface area contributed by atoms with E-state index in [2.05, 4.69) is 26.8 Å². The van der Waals surface area contributed by atoms with Crippen LogP contribution in [0.1, 0.15) is 60.3 Å². The Hall–Kier alpha value is -1.22. The smallest absolute Gasteiger partial charge is 0.181 e. The summed E-state index contributed by atoms with van der Waals surface area (Å²) in [4.78, 5) is 24.4. The highest BCUT2D eigenvalue weighted by molar-refractivity contribution is 6.03. The van der Waals surface area contributed by atoms with Crippen LogP contribution in [0.5, 0.6) is 0 Å². The standard InChI is InChI=1S/C20H30O3/c1-13-6-7-16-17(19(16,3)4)11-14(2)18(22)8-9-20(5,23)12-15(21)10-13/h8-9,11,13,16-17,23H,6-7,10,12H2,1-5H3. The molecular weight excluding hydrogens is 288 g/mol. The third kappa shape index (κ3) is 4.41. The summed E-state index contributed by atoms with van der Waals surface area (Å²) in [6.07, 6.45) is 7.68. The van der Waals surface area contributed by atoms with Crippen molar-refractivity contribution in [3.8, 4) is 0 Å². The Morgan fingerprint density at radius 3 is 2.48 bits per heavy atom. The zero-order chi connectivity index (χ0) is 17.4. The molecular formula is C20H30O3. The van der Waals surface area contributed by atoms with Crippen LogP contribution < -0.4 is 0 Å². The van der Waals surface area contributed by atoms with Gasteiger partial charge in [-0.2, -0.15) is 0 Å². The summed E-state index contributed by atoms with van der Waals surface area (Å²) in [6.45, 7) is 10.1. The third-order valence-corrected chi connectivity index (χ3v) is 5.65. The minimum Gasteiger partial charge on any atom is -0.386 e. The number of Topliss-reactive ketones (excluding diaryl/α,β-unsaturated/α-hetero) is 1.